The Balaban J connectivity index is 1.91. The zero-order valence-electron chi connectivity index (χ0n) is 19.2. The fourth-order valence-corrected chi connectivity index (χ4v) is 4.75. The largest absolute Gasteiger partial charge is 0.497 e. The second-order valence-corrected chi connectivity index (χ2v) is 9.63. The Labute approximate surface area is 195 Å². The Hall–Kier alpha value is -3.36. The topological polar surface area (TPSA) is 84.9 Å². The van der Waals surface area contributed by atoms with Crippen LogP contribution in [-0.4, -0.2) is 39.4 Å². The quantitative estimate of drug-likeness (QED) is 0.510. The van der Waals surface area contributed by atoms with Gasteiger partial charge in [0.05, 0.1) is 31.3 Å². The molecule has 7 nitrogen and oxygen atoms in total. The molecule has 0 aromatic heterocycles. The highest BCUT2D eigenvalue weighted by Gasteiger charge is 2.27. The van der Waals surface area contributed by atoms with Crippen LogP contribution in [0.3, 0.4) is 0 Å². The molecule has 0 radical (unpaired) electrons. The molecule has 33 heavy (non-hydrogen) atoms. The number of benzene rings is 3. The van der Waals surface area contributed by atoms with Crippen LogP contribution in [0.25, 0.3) is 0 Å². The highest BCUT2D eigenvalue weighted by atomic mass is 32.2. The van der Waals surface area contributed by atoms with Crippen LogP contribution in [0.2, 0.25) is 0 Å². The first-order valence-electron chi connectivity index (χ1n) is 10.4. The van der Waals surface area contributed by atoms with E-state index in [1.54, 1.807) is 42.5 Å². The SMILES string of the molecule is COc1ccc(OC)c(NC(=O)CN(Cc2cccc(C)c2)S(=O)(=O)c2ccc(C)cc2)c1. The minimum absolute atomic E-state index is 0.0561. The van der Waals surface area contributed by atoms with Crippen molar-refractivity contribution >= 4 is 21.6 Å². The van der Waals surface area contributed by atoms with Crippen molar-refractivity contribution in [1.29, 1.82) is 0 Å². The fraction of sp³-hybridized carbons (Fsp3) is 0.240. The summed E-state index contributed by atoms with van der Waals surface area (Å²) in [4.78, 5) is 13.1. The van der Waals surface area contributed by atoms with E-state index in [0.717, 1.165) is 16.7 Å². The molecular formula is C25H28N2O5S. The first-order chi connectivity index (χ1) is 15.7. The molecule has 1 N–H and O–H groups in total. The Morgan fingerprint density at radius 2 is 1.64 bits per heavy atom. The Kier molecular flexibility index (Phi) is 7.73. The van der Waals surface area contributed by atoms with E-state index < -0.39 is 15.9 Å². The number of hydrogen-bond acceptors (Lipinski definition) is 5. The Morgan fingerprint density at radius 1 is 0.909 bits per heavy atom. The molecule has 3 aromatic carbocycles. The van der Waals surface area contributed by atoms with Crippen LogP contribution in [-0.2, 0) is 21.4 Å². The van der Waals surface area contributed by atoms with Crippen LogP contribution < -0.4 is 14.8 Å². The molecule has 0 saturated heterocycles. The van der Waals surface area contributed by atoms with Crippen molar-refractivity contribution in [3.63, 3.8) is 0 Å². The van der Waals surface area contributed by atoms with Gasteiger partial charge in [-0.05, 0) is 43.7 Å². The summed E-state index contributed by atoms with van der Waals surface area (Å²) in [6.45, 7) is 3.50. The third-order valence-electron chi connectivity index (χ3n) is 5.10. The molecule has 3 rings (SSSR count). The number of methoxy groups -OCH3 is 2. The summed E-state index contributed by atoms with van der Waals surface area (Å²) in [5.74, 6) is 0.482. The number of anilines is 1. The van der Waals surface area contributed by atoms with Crippen molar-refractivity contribution in [2.45, 2.75) is 25.3 Å². The van der Waals surface area contributed by atoms with E-state index in [4.69, 9.17) is 9.47 Å². The molecule has 1 amide bonds. The predicted octanol–water partition coefficient (Wildman–Crippen LogP) is 4.15. The van der Waals surface area contributed by atoms with Gasteiger partial charge in [0.25, 0.3) is 0 Å². The lowest BCUT2D eigenvalue weighted by atomic mass is 10.1. The van der Waals surface area contributed by atoms with Gasteiger partial charge in [-0.3, -0.25) is 4.79 Å². The van der Waals surface area contributed by atoms with Crippen LogP contribution in [0.1, 0.15) is 16.7 Å². The van der Waals surface area contributed by atoms with E-state index in [1.807, 2.05) is 38.1 Å². The molecule has 0 aliphatic rings. The molecule has 8 heteroatoms. The average Bonchev–Trinajstić information content (AvgIpc) is 2.79. The second kappa shape index (κ2) is 10.5. The molecule has 0 spiro atoms. The molecule has 0 saturated carbocycles. The zero-order chi connectivity index (χ0) is 24.0. The van der Waals surface area contributed by atoms with Crippen LogP contribution in [0.4, 0.5) is 5.69 Å². The van der Waals surface area contributed by atoms with E-state index in [2.05, 4.69) is 5.32 Å². The zero-order valence-corrected chi connectivity index (χ0v) is 20.0. The Morgan fingerprint density at radius 3 is 2.27 bits per heavy atom. The minimum atomic E-state index is -3.93. The lowest BCUT2D eigenvalue weighted by molar-refractivity contribution is -0.116. The normalized spacial score (nSPS) is 11.3. The number of nitrogens with zero attached hydrogens (tertiary/aromatic N) is 1. The Bertz CT molecular complexity index is 1220. The van der Waals surface area contributed by atoms with Crippen LogP contribution >= 0.6 is 0 Å². The summed E-state index contributed by atoms with van der Waals surface area (Å²) in [6.07, 6.45) is 0. The lowest BCUT2D eigenvalue weighted by Gasteiger charge is -2.22. The van der Waals surface area contributed by atoms with Gasteiger partial charge in [0.2, 0.25) is 15.9 Å². The number of carbonyl (C=O) groups is 1. The molecule has 0 unspecified atom stereocenters. The third kappa shape index (κ3) is 6.12. The van der Waals surface area contributed by atoms with E-state index in [-0.39, 0.29) is 18.0 Å². The summed E-state index contributed by atoms with van der Waals surface area (Å²) in [7, 11) is -0.920. The van der Waals surface area contributed by atoms with Gasteiger partial charge in [0.1, 0.15) is 11.5 Å². The lowest BCUT2D eigenvalue weighted by Crippen LogP contribution is -2.37. The highest BCUT2D eigenvalue weighted by molar-refractivity contribution is 7.89. The van der Waals surface area contributed by atoms with Crippen molar-refractivity contribution in [2.24, 2.45) is 0 Å². The van der Waals surface area contributed by atoms with Gasteiger partial charge in [0.15, 0.2) is 0 Å². The summed E-state index contributed by atoms with van der Waals surface area (Å²) < 4.78 is 38.6. The van der Waals surface area contributed by atoms with Crippen molar-refractivity contribution in [3.05, 3.63) is 83.4 Å². The number of amides is 1. The van der Waals surface area contributed by atoms with Gasteiger partial charge in [-0.15, -0.1) is 0 Å². The van der Waals surface area contributed by atoms with E-state index >= 15 is 0 Å². The van der Waals surface area contributed by atoms with E-state index in [0.29, 0.717) is 17.2 Å². The molecule has 0 aliphatic heterocycles. The van der Waals surface area contributed by atoms with Crippen molar-refractivity contribution < 1.29 is 22.7 Å². The number of ether oxygens (including phenoxy) is 2. The van der Waals surface area contributed by atoms with Crippen LogP contribution in [0.15, 0.2) is 71.6 Å². The van der Waals surface area contributed by atoms with Gasteiger partial charge in [-0.25, -0.2) is 8.42 Å². The van der Waals surface area contributed by atoms with Gasteiger partial charge in [-0.1, -0.05) is 47.5 Å². The smallest absolute Gasteiger partial charge is 0.243 e. The minimum Gasteiger partial charge on any atom is -0.497 e. The number of rotatable bonds is 9. The third-order valence-corrected chi connectivity index (χ3v) is 6.91. The maximum Gasteiger partial charge on any atom is 0.243 e. The maximum absolute atomic E-state index is 13.4. The number of nitrogens with one attached hydrogen (secondary N) is 1. The molecule has 0 fully saturated rings. The van der Waals surface area contributed by atoms with Gasteiger partial charge in [-0.2, -0.15) is 4.31 Å². The first kappa shape index (κ1) is 24.3. The second-order valence-electron chi connectivity index (χ2n) is 7.69. The first-order valence-corrected chi connectivity index (χ1v) is 11.8. The monoisotopic (exact) mass is 468 g/mol. The number of hydrogen-bond donors (Lipinski definition) is 1. The number of carbonyl (C=O) groups excluding carboxylic acids is 1. The van der Waals surface area contributed by atoms with Gasteiger partial charge in [0, 0.05) is 12.6 Å². The van der Waals surface area contributed by atoms with E-state index in [9.17, 15) is 13.2 Å². The van der Waals surface area contributed by atoms with Crippen molar-refractivity contribution in [1.82, 2.24) is 4.31 Å². The van der Waals surface area contributed by atoms with Crippen molar-refractivity contribution in [2.75, 3.05) is 26.1 Å². The van der Waals surface area contributed by atoms with Crippen molar-refractivity contribution in [3.8, 4) is 11.5 Å². The summed E-state index contributed by atoms with van der Waals surface area (Å²) in [5.41, 5.74) is 3.13. The standard InChI is InChI=1S/C25H28N2O5S/c1-18-8-11-22(12-9-18)33(29,30)27(16-20-7-5-6-19(2)14-20)17-25(28)26-23-15-21(31-3)10-13-24(23)32-4/h5-15H,16-17H2,1-4H3,(H,26,28). The molecule has 0 aliphatic carbocycles. The van der Waals surface area contributed by atoms with Gasteiger partial charge >= 0.3 is 0 Å². The number of sulfonamides is 1. The predicted molar refractivity (Wildman–Crippen MR) is 128 cm³/mol. The fourth-order valence-electron chi connectivity index (χ4n) is 3.36. The summed E-state index contributed by atoms with van der Waals surface area (Å²) in [6, 6.07) is 19.1. The molecule has 0 bridgehead atoms. The molecular weight excluding hydrogens is 440 g/mol. The van der Waals surface area contributed by atoms with Crippen LogP contribution in [0.5, 0.6) is 11.5 Å². The molecule has 174 valence electrons. The summed E-state index contributed by atoms with van der Waals surface area (Å²) in [5, 5.41) is 2.75. The highest BCUT2D eigenvalue weighted by Crippen LogP contribution is 2.29. The maximum atomic E-state index is 13.4. The van der Waals surface area contributed by atoms with E-state index in [1.165, 1.54) is 18.5 Å². The number of aryl methyl sites for hydroxylation is 2. The summed E-state index contributed by atoms with van der Waals surface area (Å²) >= 11 is 0. The van der Waals surface area contributed by atoms with Gasteiger partial charge < -0.3 is 14.8 Å². The van der Waals surface area contributed by atoms with Crippen LogP contribution in [0, 0.1) is 13.8 Å². The average molecular weight is 469 g/mol. The molecule has 3 aromatic rings. The molecule has 0 atom stereocenters. The molecule has 0 heterocycles.